The highest BCUT2D eigenvalue weighted by molar-refractivity contribution is 7.99. The maximum atomic E-state index is 12.9. The zero-order valence-electron chi connectivity index (χ0n) is 13.9. The van der Waals surface area contributed by atoms with E-state index in [0.717, 1.165) is 37.4 Å². The van der Waals surface area contributed by atoms with Crippen LogP contribution in [-0.2, 0) is 4.79 Å². The van der Waals surface area contributed by atoms with Gasteiger partial charge in [-0.25, -0.2) is 4.98 Å². The standard InChI is InChI=1S/C17H18F3N3O2S/c18-17(19,20)10-21-14(24)9-26-16-22-13-8-4-3-7-12(13)15(25)23(16)11-5-1-2-6-11/h3-4,7-8,11H,1-2,5-6,9-10H2,(H,21,24). The van der Waals surface area contributed by atoms with Gasteiger partial charge in [-0.3, -0.25) is 14.2 Å². The minimum absolute atomic E-state index is 0.0142. The van der Waals surface area contributed by atoms with Gasteiger partial charge in [0.25, 0.3) is 5.56 Å². The molecule has 1 aromatic carbocycles. The predicted octanol–water partition coefficient (Wildman–Crippen LogP) is 3.28. The Balaban J connectivity index is 1.85. The number of hydrogen-bond donors (Lipinski definition) is 1. The number of halogens is 3. The number of rotatable bonds is 5. The first kappa shape index (κ1) is 18.8. The SMILES string of the molecule is O=C(CSc1nc2ccccc2c(=O)n1C1CCCC1)NCC(F)(F)F. The number of aromatic nitrogens is 2. The van der Waals surface area contributed by atoms with Crippen LogP contribution in [0.1, 0.15) is 31.7 Å². The fourth-order valence-corrected chi connectivity index (χ4v) is 3.99. The Morgan fingerprint density at radius 1 is 1.27 bits per heavy atom. The topological polar surface area (TPSA) is 64.0 Å². The van der Waals surface area contributed by atoms with Crippen molar-refractivity contribution in [2.45, 2.75) is 43.1 Å². The molecule has 2 aromatic rings. The molecule has 0 unspecified atom stereocenters. The van der Waals surface area contributed by atoms with E-state index in [1.54, 1.807) is 28.8 Å². The highest BCUT2D eigenvalue weighted by Gasteiger charge is 2.28. The van der Waals surface area contributed by atoms with Gasteiger partial charge in [-0.05, 0) is 25.0 Å². The molecule has 1 fully saturated rings. The van der Waals surface area contributed by atoms with Crippen LogP contribution in [0.4, 0.5) is 13.2 Å². The fourth-order valence-electron chi connectivity index (χ4n) is 3.09. The molecule has 0 bridgehead atoms. The Bertz CT molecular complexity index is 860. The lowest BCUT2D eigenvalue weighted by atomic mass is 10.2. The van der Waals surface area contributed by atoms with E-state index < -0.39 is 18.6 Å². The van der Waals surface area contributed by atoms with Gasteiger partial charge in [-0.15, -0.1) is 0 Å². The highest BCUT2D eigenvalue weighted by atomic mass is 32.2. The molecular weight excluding hydrogens is 367 g/mol. The van der Waals surface area contributed by atoms with Gasteiger partial charge in [-0.2, -0.15) is 13.2 Å². The molecule has 0 atom stereocenters. The minimum Gasteiger partial charge on any atom is -0.346 e. The van der Waals surface area contributed by atoms with Gasteiger partial charge in [0.1, 0.15) is 6.54 Å². The smallest absolute Gasteiger partial charge is 0.346 e. The Morgan fingerprint density at radius 3 is 2.65 bits per heavy atom. The second kappa shape index (κ2) is 7.69. The number of alkyl halides is 3. The van der Waals surface area contributed by atoms with E-state index in [-0.39, 0.29) is 17.4 Å². The van der Waals surface area contributed by atoms with Crippen LogP contribution >= 0.6 is 11.8 Å². The summed E-state index contributed by atoms with van der Waals surface area (Å²) < 4.78 is 38.2. The van der Waals surface area contributed by atoms with Crippen LogP contribution in [0.3, 0.4) is 0 Å². The summed E-state index contributed by atoms with van der Waals surface area (Å²) in [6, 6.07) is 6.96. The van der Waals surface area contributed by atoms with Crippen molar-refractivity contribution < 1.29 is 18.0 Å². The predicted molar refractivity (Wildman–Crippen MR) is 93.3 cm³/mol. The summed E-state index contributed by atoms with van der Waals surface area (Å²) in [6.07, 6.45) is -0.713. The molecule has 5 nitrogen and oxygen atoms in total. The van der Waals surface area contributed by atoms with Crippen molar-refractivity contribution in [2.75, 3.05) is 12.3 Å². The van der Waals surface area contributed by atoms with E-state index in [1.165, 1.54) is 0 Å². The number of hydrogen-bond acceptors (Lipinski definition) is 4. The maximum Gasteiger partial charge on any atom is 0.405 e. The minimum atomic E-state index is -4.45. The number of nitrogens with zero attached hydrogens (tertiary/aromatic N) is 2. The zero-order chi connectivity index (χ0) is 18.7. The summed E-state index contributed by atoms with van der Waals surface area (Å²) in [5.41, 5.74) is 0.352. The number of benzene rings is 1. The van der Waals surface area contributed by atoms with Crippen molar-refractivity contribution in [3.63, 3.8) is 0 Å². The molecule has 3 rings (SSSR count). The number of carbonyl (C=O) groups is 1. The van der Waals surface area contributed by atoms with Crippen LogP contribution in [0.2, 0.25) is 0 Å². The summed E-state index contributed by atoms with van der Waals surface area (Å²) in [6.45, 7) is -1.37. The highest BCUT2D eigenvalue weighted by Crippen LogP contribution is 2.32. The summed E-state index contributed by atoms with van der Waals surface area (Å²) >= 11 is 0.994. The Hall–Kier alpha value is -2.03. The molecule has 26 heavy (non-hydrogen) atoms. The lowest BCUT2D eigenvalue weighted by Gasteiger charge is -2.18. The summed E-state index contributed by atoms with van der Waals surface area (Å²) in [5.74, 6) is -0.971. The molecule has 1 heterocycles. The molecule has 1 saturated carbocycles. The number of para-hydroxylation sites is 1. The first-order valence-electron chi connectivity index (χ1n) is 8.33. The lowest BCUT2D eigenvalue weighted by Crippen LogP contribution is -2.35. The Labute approximate surface area is 152 Å². The van der Waals surface area contributed by atoms with E-state index in [0.29, 0.717) is 16.1 Å². The molecule has 9 heteroatoms. The molecule has 0 spiro atoms. The molecule has 1 aliphatic carbocycles. The summed E-state index contributed by atoms with van der Waals surface area (Å²) in [7, 11) is 0. The third kappa shape index (κ3) is 4.38. The van der Waals surface area contributed by atoms with Gasteiger partial charge in [0, 0.05) is 6.04 Å². The molecule has 1 aliphatic rings. The van der Waals surface area contributed by atoms with Crippen LogP contribution in [0.5, 0.6) is 0 Å². The van der Waals surface area contributed by atoms with Gasteiger partial charge in [0.05, 0.1) is 16.7 Å². The van der Waals surface area contributed by atoms with Crippen LogP contribution in [-0.4, -0.2) is 33.9 Å². The first-order valence-corrected chi connectivity index (χ1v) is 9.31. The van der Waals surface area contributed by atoms with Crippen molar-refractivity contribution in [3.8, 4) is 0 Å². The van der Waals surface area contributed by atoms with E-state index in [4.69, 9.17) is 0 Å². The summed E-state index contributed by atoms with van der Waals surface area (Å²) in [4.78, 5) is 29.1. The number of fused-ring (bicyclic) bond motifs is 1. The number of nitrogens with one attached hydrogen (secondary N) is 1. The average Bonchev–Trinajstić information content (AvgIpc) is 3.11. The normalized spacial score (nSPS) is 15.5. The van der Waals surface area contributed by atoms with Gasteiger partial charge in [0.15, 0.2) is 5.16 Å². The van der Waals surface area contributed by atoms with Gasteiger partial charge < -0.3 is 5.32 Å². The van der Waals surface area contributed by atoms with E-state index in [1.807, 2.05) is 5.32 Å². The van der Waals surface area contributed by atoms with Crippen LogP contribution in [0, 0.1) is 0 Å². The van der Waals surface area contributed by atoms with Crippen molar-refractivity contribution in [3.05, 3.63) is 34.6 Å². The molecular formula is C17H18F3N3O2S. The zero-order valence-corrected chi connectivity index (χ0v) is 14.7. The second-order valence-corrected chi connectivity index (χ2v) is 7.15. The molecule has 1 amide bonds. The number of amides is 1. The van der Waals surface area contributed by atoms with E-state index >= 15 is 0 Å². The number of carbonyl (C=O) groups excluding carboxylic acids is 1. The van der Waals surface area contributed by atoms with Crippen LogP contribution in [0.25, 0.3) is 10.9 Å². The third-order valence-corrected chi connectivity index (χ3v) is 5.24. The van der Waals surface area contributed by atoms with Gasteiger partial charge in [-0.1, -0.05) is 36.7 Å². The van der Waals surface area contributed by atoms with Crippen LogP contribution < -0.4 is 10.9 Å². The molecule has 1 aromatic heterocycles. The molecule has 0 saturated heterocycles. The van der Waals surface area contributed by atoms with E-state index in [9.17, 15) is 22.8 Å². The average molecular weight is 385 g/mol. The molecule has 140 valence electrons. The fraction of sp³-hybridized carbons (Fsp3) is 0.471. The van der Waals surface area contributed by atoms with Gasteiger partial charge >= 0.3 is 6.18 Å². The van der Waals surface area contributed by atoms with Crippen LogP contribution in [0.15, 0.2) is 34.2 Å². The van der Waals surface area contributed by atoms with Gasteiger partial charge in [0.2, 0.25) is 5.91 Å². The molecule has 0 aliphatic heterocycles. The third-order valence-electron chi connectivity index (χ3n) is 4.28. The largest absolute Gasteiger partial charge is 0.405 e. The van der Waals surface area contributed by atoms with Crippen molar-refractivity contribution in [1.82, 2.24) is 14.9 Å². The molecule has 1 N–H and O–H groups in total. The summed E-state index contributed by atoms with van der Waals surface area (Å²) in [5, 5.41) is 2.72. The quantitative estimate of drug-likeness (QED) is 0.634. The monoisotopic (exact) mass is 385 g/mol. The number of thioether (sulfide) groups is 1. The molecule has 0 radical (unpaired) electrons. The lowest BCUT2D eigenvalue weighted by molar-refractivity contribution is -0.136. The van der Waals surface area contributed by atoms with Crippen molar-refractivity contribution in [1.29, 1.82) is 0 Å². The second-order valence-electron chi connectivity index (χ2n) is 6.21. The van der Waals surface area contributed by atoms with Crippen molar-refractivity contribution >= 4 is 28.6 Å². The Kier molecular flexibility index (Phi) is 5.55. The maximum absolute atomic E-state index is 12.9. The van der Waals surface area contributed by atoms with E-state index in [2.05, 4.69) is 4.98 Å². The van der Waals surface area contributed by atoms with Crippen molar-refractivity contribution in [2.24, 2.45) is 0 Å². The first-order chi connectivity index (χ1) is 12.3. The Morgan fingerprint density at radius 2 is 1.96 bits per heavy atom.